The van der Waals surface area contributed by atoms with Gasteiger partial charge in [-0.25, -0.2) is 0 Å². The minimum Gasteiger partial charge on any atom is -0.483 e. The van der Waals surface area contributed by atoms with Crippen LogP contribution in [0, 0.1) is 6.92 Å². The van der Waals surface area contributed by atoms with E-state index in [9.17, 15) is 9.59 Å². The Labute approximate surface area is 187 Å². The minimum absolute atomic E-state index is 0.0543. The monoisotopic (exact) mass is 445 g/mol. The van der Waals surface area contributed by atoms with Gasteiger partial charge in [0.25, 0.3) is 12.4 Å². The molecule has 1 aliphatic rings. The molecular formula is C21H31N7O4. The Hall–Kier alpha value is -3.31. The molecule has 1 aliphatic heterocycles. The van der Waals surface area contributed by atoms with Crippen LogP contribution in [0.1, 0.15) is 22.3 Å². The van der Waals surface area contributed by atoms with E-state index in [4.69, 9.17) is 9.90 Å². The third kappa shape index (κ3) is 8.44. The topological polar surface area (TPSA) is 133 Å². The maximum absolute atomic E-state index is 12.5. The fourth-order valence-electron chi connectivity index (χ4n) is 3.29. The molecule has 2 aromatic rings. The SMILES string of the molecule is Cc1ccc(C(=O)NCCn2ccnn2)cc1NC(=O)CN1CCCN(C)CC1.O=CO. The molecule has 11 nitrogen and oxygen atoms in total. The van der Waals surface area contributed by atoms with Gasteiger partial charge in [-0.1, -0.05) is 11.3 Å². The van der Waals surface area contributed by atoms with E-state index in [-0.39, 0.29) is 18.3 Å². The molecule has 2 heterocycles. The Kier molecular flexibility index (Phi) is 10.3. The number of hydrogen-bond acceptors (Lipinski definition) is 7. The number of nitrogens with zero attached hydrogens (tertiary/aromatic N) is 5. The summed E-state index contributed by atoms with van der Waals surface area (Å²) < 4.78 is 1.65. The van der Waals surface area contributed by atoms with Gasteiger partial charge in [0, 0.05) is 37.1 Å². The lowest BCUT2D eigenvalue weighted by atomic mass is 10.1. The van der Waals surface area contributed by atoms with E-state index >= 15 is 0 Å². The highest BCUT2D eigenvalue weighted by atomic mass is 16.3. The zero-order valence-corrected chi connectivity index (χ0v) is 18.5. The number of nitrogens with one attached hydrogen (secondary N) is 2. The first-order chi connectivity index (χ1) is 15.4. The maximum atomic E-state index is 12.5. The van der Waals surface area contributed by atoms with Crippen LogP contribution in [0.3, 0.4) is 0 Å². The van der Waals surface area contributed by atoms with Crippen LogP contribution >= 0.6 is 0 Å². The number of anilines is 1. The number of hydrogen-bond donors (Lipinski definition) is 3. The molecule has 1 fully saturated rings. The lowest BCUT2D eigenvalue weighted by molar-refractivity contribution is -0.123. The van der Waals surface area contributed by atoms with Crippen molar-refractivity contribution in [2.45, 2.75) is 19.9 Å². The summed E-state index contributed by atoms with van der Waals surface area (Å²) in [5.74, 6) is -0.238. The molecule has 0 aliphatic carbocycles. The van der Waals surface area contributed by atoms with Gasteiger partial charge in [-0.3, -0.25) is 24.0 Å². The Morgan fingerprint density at radius 3 is 2.72 bits per heavy atom. The Balaban J connectivity index is 0.00000114. The van der Waals surface area contributed by atoms with Crippen molar-refractivity contribution in [3.05, 3.63) is 41.7 Å². The van der Waals surface area contributed by atoms with Crippen LogP contribution in [0.25, 0.3) is 0 Å². The second kappa shape index (κ2) is 13.2. The third-order valence-corrected chi connectivity index (χ3v) is 5.05. The van der Waals surface area contributed by atoms with Crippen molar-refractivity contribution in [1.29, 1.82) is 0 Å². The smallest absolute Gasteiger partial charge is 0.290 e. The summed E-state index contributed by atoms with van der Waals surface area (Å²) in [6.07, 6.45) is 4.40. The fourth-order valence-corrected chi connectivity index (χ4v) is 3.29. The highest BCUT2D eigenvalue weighted by molar-refractivity contribution is 5.98. The lowest BCUT2D eigenvalue weighted by Gasteiger charge is -2.20. The Morgan fingerprint density at radius 1 is 1.22 bits per heavy atom. The number of carbonyl (C=O) groups is 3. The zero-order valence-electron chi connectivity index (χ0n) is 18.5. The van der Waals surface area contributed by atoms with Crippen LogP contribution in [-0.2, 0) is 16.1 Å². The van der Waals surface area contributed by atoms with Gasteiger partial charge in [0.15, 0.2) is 0 Å². The van der Waals surface area contributed by atoms with E-state index in [0.717, 1.165) is 38.2 Å². The van der Waals surface area contributed by atoms with Crippen molar-refractivity contribution >= 4 is 24.0 Å². The number of benzene rings is 1. The Morgan fingerprint density at radius 2 is 2.00 bits per heavy atom. The molecule has 32 heavy (non-hydrogen) atoms. The van der Waals surface area contributed by atoms with Crippen molar-refractivity contribution in [3.63, 3.8) is 0 Å². The third-order valence-electron chi connectivity index (χ3n) is 5.05. The van der Waals surface area contributed by atoms with Gasteiger partial charge < -0.3 is 20.6 Å². The maximum Gasteiger partial charge on any atom is 0.290 e. The van der Waals surface area contributed by atoms with E-state index in [1.807, 2.05) is 13.0 Å². The van der Waals surface area contributed by atoms with Gasteiger partial charge in [0.1, 0.15) is 0 Å². The van der Waals surface area contributed by atoms with Crippen molar-refractivity contribution < 1.29 is 19.5 Å². The predicted molar refractivity (Wildman–Crippen MR) is 119 cm³/mol. The van der Waals surface area contributed by atoms with Crippen LogP contribution in [0.15, 0.2) is 30.6 Å². The number of aryl methyl sites for hydroxylation is 1. The fraction of sp³-hybridized carbons (Fsp3) is 0.476. The summed E-state index contributed by atoms with van der Waals surface area (Å²) in [6.45, 7) is 6.86. The number of likely N-dealkylation sites (N-methyl/N-ethyl adjacent to an activating group) is 1. The molecule has 0 saturated carbocycles. The van der Waals surface area contributed by atoms with Crippen LogP contribution in [0.2, 0.25) is 0 Å². The number of aromatic nitrogens is 3. The zero-order chi connectivity index (χ0) is 23.3. The Bertz CT molecular complexity index is 873. The highest BCUT2D eigenvalue weighted by Gasteiger charge is 2.16. The first kappa shape index (κ1) is 25.0. The highest BCUT2D eigenvalue weighted by Crippen LogP contribution is 2.17. The standard InChI is InChI=1S/C20H29N7O2.CH2O2/c1-16-4-5-17(20(29)21-6-10-27-11-7-22-24-27)14-18(16)23-19(28)15-26-9-3-8-25(2)12-13-26;2-1-3/h4-5,7,11,14H,3,6,8-10,12-13,15H2,1-2H3,(H,21,29)(H,23,28);1H,(H,2,3). The van der Waals surface area contributed by atoms with E-state index < -0.39 is 0 Å². The minimum atomic E-state index is -0.250. The molecule has 0 bridgehead atoms. The number of carbonyl (C=O) groups excluding carboxylic acids is 2. The molecule has 1 aromatic heterocycles. The molecule has 0 radical (unpaired) electrons. The summed E-state index contributed by atoms with van der Waals surface area (Å²) in [7, 11) is 2.11. The second-order valence-corrected chi connectivity index (χ2v) is 7.54. The van der Waals surface area contributed by atoms with E-state index in [1.54, 1.807) is 29.2 Å². The van der Waals surface area contributed by atoms with Crippen LogP contribution in [0.4, 0.5) is 5.69 Å². The largest absolute Gasteiger partial charge is 0.483 e. The van der Waals surface area contributed by atoms with Gasteiger partial charge in [-0.05, 0) is 51.2 Å². The second-order valence-electron chi connectivity index (χ2n) is 7.54. The van der Waals surface area contributed by atoms with Crippen molar-refractivity contribution in [2.24, 2.45) is 0 Å². The summed E-state index contributed by atoms with van der Waals surface area (Å²) in [4.78, 5) is 37.8. The first-order valence-corrected chi connectivity index (χ1v) is 10.4. The molecule has 3 N–H and O–H groups in total. The average molecular weight is 446 g/mol. The first-order valence-electron chi connectivity index (χ1n) is 10.4. The molecule has 2 amide bonds. The molecule has 0 spiro atoms. The predicted octanol–water partition coefficient (Wildman–Crippen LogP) is 0.293. The number of rotatable bonds is 7. The van der Waals surface area contributed by atoms with E-state index in [0.29, 0.717) is 30.9 Å². The van der Waals surface area contributed by atoms with Gasteiger partial charge in [-0.2, -0.15) is 0 Å². The lowest BCUT2D eigenvalue weighted by Crippen LogP contribution is -2.36. The molecule has 0 unspecified atom stereocenters. The molecule has 1 saturated heterocycles. The number of carboxylic acid groups (broad SMARTS) is 1. The molecule has 174 valence electrons. The summed E-state index contributed by atoms with van der Waals surface area (Å²) >= 11 is 0. The molecule has 11 heteroatoms. The van der Waals surface area contributed by atoms with Crippen LogP contribution < -0.4 is 10.6 Å². The number of amides is 2. The summed E-state index contributed by atoms with van der Waals surface area (Å²) in [6, 6.07) is 5.34. The van der Waals surface area contributed by atoms with Gasteiger partial charge >= 0.3 is 0 Å². The molecule has 0 atom stereocenters. The molecular weight excluding hydrogens is 414 g/mol. The quantitative estimate of drug-likeness (QED) is 0.518. The van der Waals surface area contributed by atoms with E-state index in [1.165, 1.54) is 0 Å². The van der Waals surface area contributed by atoms with Crippen LogP contribution in [-0.4, -0.2) is 94.5 Å². The van der Waals surface area contributed by atoms with Gasteiger partial charge in [0.2, 0.25) is 5.91 Å². The summed E-state index contributed by atoms with van der Waals surface area (Å²) in [5, 5.41) is 20.3. The molecule has 1 aromatic carbocycles. The van der Waals surface area contributed by atoms with Crippen molar-refractivity contribution in [1.82, 2.24) is 30.1 Å². The van der Waals surface area contributed by atoms with Gasteiger partial charge in [-0.15, -0.1) is 5.10 Å². The van der Waals surface area contributed by atoms with Gasteiger partial charge in [0.05, 0.1) is 19.3 Å². The normalized spacial score (nSPS) is 14.6. The van der Waals surface area contributed by atoms with Crippen molar-refractivity contribution in [2.75, 3.05) is 51.6 Å². The van der Waals surface area contributed by atoms with E-state index in [2.05, 4.69) is 37.8 Å². The average Bonchev–Trinajstić information content (AvgIpc) is 3.19. The molecule has 3 rings (SSSR count). The summed E-state index contributed by atoms with van der Waals surface area (Å²) in [5.41, 5.74) is 2.11. The van der Waals surface area contributed by atoms with Crippen LogP contribution in [0.5, 0.6) is 0 Å². The van der Waals surface area contributed by atoms with Crippen molar-refractivity contribution in [3.8, 4) is 0 Å².